The monoisotopic (exact) mass is 374 g/mol. The number of aryl methyl sites for hydroxylation is 1. The first kappa shape index (κ1) is 17.3. The van der Waals surface area contributed by atoms with Crippen LogP contribution >= 0.6 is 11.3 Å². The molecule has 0 spiro atoms. The van der Waals surface area contributed by atoms with Gasteiger partial charge in [-0.15, -0.1) is 11.3 Å². The van der Waals surface area contributed by atoms with Gasteiger partial charge >= 0.3 is 5.97 Å². The van der Waals surface area contributed by atoms with E-state index < -0.39 is 17.8 Å². The fraction of sp³-hybridized carbons (Fsp3) is 0.526. The molecule has 3 N–H and O–H groups in total. The zero-order chi connectivity index (χ0) is 18.3. The predicted octanol–water partition coefficient (Wildman–Crippen LogP) is 2.73. The van der Waals surface area contributed by atoms with Crippen molar-refractivity contribution in [1.29, 1.82) is 0 Å². The van der Waals surface area contributed by atoms with Gasteiger partial charge in [-0.25, -0.2) is 0 Å². The van der Waals surface area contributed by atoms with Crippen molar-refractivity contribution in [2.75, 3.05) is 5.32 Å². The number of carboxylic acid groups (broad SMARTS) is 1. The zero-order valence-corrected chi connectivity index (χ0v) is 15.2. The van der Waals surface area contributed by atoms with Gasteiger partial charge in [0, 0.05) is 10.9 Å². The maximum absolute atomic E-state index is 12.8. The van der Waals surface area contributed by atoms with Gasteiger partial charge in [0.05, 0.1) is 17.4 Å². The summed E-state index contributed by atoms with van der Waals surface area (Å²) in [4.78, 5) is 38.1. The van der Waals surface area contributed by atoms with Crippen molar-refractivity contribution >= 4 is 34.1 Å². The van der Waals surface area contributed by atoms with Crippen LogP contribution in [-0.2, 0) is 22.4 Å². The van der Waals surface area contributed by atoms with Crippen LogP contribution in [0.2, 0.25) is 0 Å². The summed E-state index contributed by atoms with van der Waals surface area (Å²) in [7, 11) is 0. The first-order valence-electron chi connectivity index (χ1n) is 9.18. The van der Waals surface area contributed by atoms with Crippen LogP contribution in [0.15, 0.2) is 12.2 Å². The quantitative estimate of drug-likeness (QED) is 0.691. The molecule has 3 aliphatic rings. The van der Waals surface area contributed by atoms with Crippen molar-refractivity contribution in [3.63, 3.8) is 0 Å². The van der Waals surface area contributed by atoms with E-state index in [-0.39, 0.29) is 17.9 Å². The highest BCUT2D eigenvalue weighted by Crippen LogP contribution is 2.40. The Morgan fingerprint density at radius 2 is 1.81 bits per heavy atom. The van der Waals surface area contributed by atoms with E-state index in [1.807, 2.05) is 12.2 Å². The number of carbonyl (C=O) groups is 3. The molecule has 0 aliphatic heterocycles. The molecule has 138 valence electrons. The van der Waals surface area contributed by atoms with Gasteiger partial charge in [0.1, 0.15) is 5.00 Å². The molecule has 2 atom stereocenters. The lowest BCUT2D eigenvalue weighted by Crippen LogP contribution is -2.35. The van der Waals surface area contributed by atoms with Gasteiger partial charge < -0.3 is 15.7 Å². The van der Waals surface area contributed by atoms with Crippen molar-refractivity contribution in [3.8, 4) is 0 Å². The van der Waals surface area contributed by atoms with Gasteiger partial charge in [-0.2, -0.15) is 0 Å². The van der Waals surface area contributed by atoms with Crippen molar-refractivity contribution in [1.82, 2.24) is 5.32 Å². The van der Waals surface area contributed by atoms with E-state index in [1.54, 1.807) is 0 Å². The minimum absolute atomic E-state index is 0.111. The lowest BCUT2D eigenvalue weighted by molar-refractivity contribution is -0.146. The Morgan fingerprint density at radius 1 is 1.08 bits per heavy atom. The summed E-state index contributed by atoms with van der Waals surface area (Å²) in [6.45, 7) is 0. The summed E-state index contributed by atoms with van der Waals surface area (Å²) in [6, 6.07) is 0.253. The summed E-state index contributed by atoms with van der Waals surface area (Å²) >= 11 is 1.47. The molecular formula is C19H22N2O4S. The van der Waals surface area contributed by atoms with Crippen LogP contribution in [0.25, 0.3) is 0 Å². The molecule has 0 bridgehead atoms. The van der Waals surface area contributed by atoms with E-state index in [0.29, 0.717) is 23.4 Å². The number of hydrogen-bond acceptors (Lipinski definition) is 4. The molecular weight excluding hydrogens is 352 g/mol. The first-order valence-corrected chi connectivity index (χ1v) is 10.0. The predicted molar refractivity (Wildman–Crippen MR) is 98.5 cm³/mol. The van der Waals surface area contributed by atoms with E-state index in [0.717, 1.165) is 37.7 Å². The van der Waals surface area contributed by atoms with Crippen molar-refractivity contribution < 1.29 is 19.5 Å². The Kier molecular flexibility index (Phi) is 4.56. The lowest BCUT2D eigenvalue weighted by Gasteiger charge is -2.24. The number of nitrogens with one attached hydrogen (secondary N) is 2. The average Bonchev–Trinajstić information content (AvgIpc) is 3.20. The molecule has 0 saturated heterocycles. The minimum atomic E-state index is -0.949. The van der Waals surface area contributed by atoms with E-state index in [4.69, 9.17) is 0 Å². The molecule has 6 nitrogen and oxygen atoms in total. The van der Waals surface area contributed by atoms with Gasteiger partial charge in [-0.1, -0.05) is 12.2 Å². The number of fused-ring (bicyclic) bond motifs is 1. The molecule has 3 aliphatic carbocycles. The van der Waals surface area contributed by atoms with Crippen molar-refractivity contribution in [3.05, 3.63) is 28.2 Å². The molecule has 0 radical (unpaired) electrons. The number of carbonyl (C=O) groups excluding carboxylic acids is 2. The smallest absolute Gasteiger partial charge is 0.307 e. The third kappa shape index (κ3) is 3.28. The normalized spacial score (nSPS) is 24.2. The average molecular weight is 374 g/mol. The molecule has 7 heteroatoms. The van der Waals surface area contributed by atoms with Crippen LogP contribution in [0, 0.1) is 11.8 Å². The van der Waals surface area contributed by atoms with Crippen LogP contribution in [0.4, 0.5) is 5.00 Å². The third-order valence-electron chi connectivity index (χ3n) is 5.38. The van der Waals surface area contributed by atoms with Gasteiger partial charge in [0.25, 0.3) is 5.91 Å². The number of anilines is 1. The Balaban J connectivity index is 1.57. The number of aliphatic carboxylic acids is 1. The number of rotatable bonds is 5. The summed E-state index contributed by atoms with van der Waals surface area (Å²) in [5.41, 5.74) is 1.66. The van der Waals surface area contributed by atoms with Gasteiger partial charge in [0.2, 0.25) is 5.91 Å². The third-order valence-corrected chi connectivity index (χ3v) is 6.59. The summed E-state index contributed by atoms with van der Waals surface area (Å²) in [5.74, 6) is -2.68. The molecule has 0 unspecified atom stereocenters. The molecule has 0 aromatic carbocycles. The lowest BCUT2D eigenvalue weighted by atomic mass is 9.82. The van der Waals surface area contributed by atoms with Crippen LogP contribution in [0.5, 0.6) is 0 Å². The fourth-order valence-electron chi connectivity index (χ4n) is 3.80. The molecule has 1 saturated carbocycles. The number of amides is 2. The van der Waals surface area contributed by atoms with E-state index in [2.05, 4.69) is 10.6 Å². The molecule has 1 fully saturated rings. The van der Waals surface area contributed by atoms with Crippen LogP contribution in [-0.4, -0.2) is 28.9 Å². The number of hydrogen-bond donors (Lipinski definition) is 3. The van der Waals surface area contributed by atoms with Crippen molar-refractivity contribution in [2.45, 2.75) is 51.0 Å². The maximum atomic E-state index is 12.8. The van der Waals surface area contributed by atoms with Crippen molar-refractivity contribution in [2.24, 2.45) is 11.8 Å². The number of carboxylic acids is 1. The fourth-order valence-corrected chi connectivity index (χ4v) is 5.09. The standard InChI is InChI=1S/C19H22N2O4S/c22-16(11-4-1-2-5-12(11)19(24)25)21-18-15(17(23)20-10-8-9-10)13-6-3-7-14(13)26-18/h1-2,10-12H,3-9H2,(H,20,23)(H,21,22)(H,24,25)/t11-,12+/m1/s1. The summed E-state index contributed by atoms with van der Waals surface area (Å²) in [6.07, 6.45) is 9.30. The topological polar surface area (TPSA) is 95.5 Å². The maximum Gasteiger partial charge on any atom is 0.307 e. The van der Waals surface area contributed by atoms with Gasteiger partial charge in [0.15, 0.2) is 0 Å². The van der Waals surface area contributed by atoms with E-state index in [9.17, 15) is 19.5 Å². The number of thiophene rings is 1. The van der Waals surface area contributed by atoms with E-state index >= 15 is 0 Å². The molecule has 1 aromatic heterocycles. The summed E-state index contributed by atoms with van der Waals surface area (Å²) < 4.78 is 0. The largest absolute Gasteiger partial charge is 0.481 e. The van der Waals surface area contributed by atoms with Crippen LogP contribution in [0.3, 0.4) is 0 Å². The molecule has 2 amide bonds. The zero-order valence-electron chi connectivity index (χ0n) is 14.4. The van der Waals surface area contributed by atoms with Crippen LogP contribution < -0.4 is 10.6 Å². The van der Waals surface area contributed by atoms with Gasteiger partial charge in [-0.3, -0.25) is 14.4 Å². The number of allylic oxidation sites excluding steroid dienone is 2. The highest BCUT2D eigenvalue weighted by atomic mass is 32.1. The molecule has 1 aromatic rings. The second kappa shape index (κ2) is 6.87. The minimum Gasteiger partial charge on any atom is -0.481 e. The SMILES string of the molecule is O=C(NC1CC1)c1c(NC(=O)[C@@H]2CC=CC[C@@H]2C(=O)O)sc2c1CCC2. The second-order valence-corrected chi connectivity index (χ2v) is 8.40. The van der Waals surface area contributed by atoms with Gasteiger partial charge in [-0.05, 0) is 50.5 Å². The highest BCUT2D eigenvalue weighted by Gasteiger charge is 2.36. The molecule has 26 heavy (non-hydrogen) atoms. The van der Waals surface area contributed by atoms with Crippen LogP contribution in [0.1, 0.15) is 52.9 Å². The Labute approximate surface area is 155 Å². The Hall–Kier alpha value is -2.15. The Bertz CT molecular complexity index is 794. The Morgan fingerprint density at radius 3 is 2.50 bits per heavy atom. The van der Waals surface area contributed by atoms with E-state index in [1.165, 1.54) is 16.2 Å². The molecule has 1 heterocycles. The first-order chi connectivity index (χ1) is 12.5. The summed E-state index contributed by atoms with van der Waals surface area (Å²) in [5, 5.41) is 15.9. The second-order valence-electron chi connectivity index (χ2n) is 7.29. The molecule has 4 rings (SSSR count). The highest BCUT2D eigenvalue weighted by molar-refractivity contribution is 7.17.